The van der Waals surface area contributed by atoms with Crippen LogP contribution in [-0.4, -0.2) is 43.2 Å². The zero-order valence-corrected chi connectivity index (χ0v) is 16.7. The van der Waals surface area contributed by atoms with E-state index in [1.807, 2.05) is 0 Å². The van der Waals surface area contributed by atoms with Gasteiger partial charge >= 0.3 is 18.1 Å². The number of methoxy groups -OCH3 is 1. The van der Waals surface area contributed by atoms with Gasteiger partial charge in [-0.1, -0.05) is 41.4 Å². The van der Waals surface area contributed by atoms with E-state index in [0.29, 0.717) is 21.0 Å². The number of nitrogens with zero attached hydrogens (tertiary/aromatic N) is 1. The third kappa shape index (κ3) is 5.77. The molecule has 1 amide bonds. The van der Waals surface area contributed by atoms with Crippen molar-refractivity contribution in [1.82, 2.24) is 4.90 Å². The summed E-state index contributed by atoms with van der Waals surface area (Å²) in [5.74, 6) is -4.06. The molecule has 0 radical (unpaired) electrons. The first kappa shape index (κ1) is 22.8. The summed E-state index contributed by atoms with van der Waals surface area (Å²) in [5.41, 5.74) is 7.07. The Bertz CT molecular complexity index is 907. The molecule has 29 heavy (non-hydrogen) atoms. The number of nitrogens with two attached hydrogens (primary N) is 1. The number of hydrogen-bond acceptors (Lipinski definition) is 4. The molecule has 0 aliphatic carbocycles. The number of hydrogen-bond donors (Lipinski definition) is 1. The average molecular weight is 449 g/mol. The average Bonchev–Trinajstić information content (AvgIpc) is 2.66. The molecule has 1 unspecified atom stereocenters. The molecule has 156 valence electrons. The second kappa shape index (κ2) is 9.37. The van der Waals surface area contributed by atoms with Gasteiger partial charge in [0.25, 0.3) is 0 Å². The van der Waals surface area contributed by atoms with Crippen LogP contribution in [0.25, 0.3) is 0 Å². The van der Waals surface area contributed by atoms with E-state index in [1.54, 1.807) is 24.3 Å². The Morgan fingerprint density at radius 2 is 1.79 bits per heavy atom. The second-order valence-corrected chi connectivity index (χ2v) is 6.95. The number of carbonyl (C=O) groups is 2. The zero-order valence-electron chi connectivity index (χ0n) is 15.2. The first-order chi connectivity index (χ1) is 13.5. The van der Waals surface area contributed by atoms with Gasteiger partial charge in [0, 0.05) is 28.2 Å². The van der Waals surface area contributed by atoms with Crippen molar-refractivity contribution >= 4 is 40.8 Å². The fraction of sp³-hybridized carbons (Fsp3) is 0.263. The van der Waals surface area contributed by atoms with E-state index >= 15 is 0 Å². The number of halogens is 5. The van der Waals surface area contributed by atoms with Gasteiger partial charge in [-0.3, -0.25) is 9.59 Å². The molecule has 2 rings (SSSR count). The fourth-order valence-corrected chi connectivity index (χ4v) is 3.26. The van der Waals surface area contributed by atoms with Gasteiger partial charge < -0.3 is 15.4 Å². The van der Waals surface area contributed by atoms with E-state index in [0.717, 1.165) is 7.11 Å². The highest BCUT2D eigenvalue weighted by Gasteiger charge is 2.44. The molecule has 0 saturated carbocycles. The van der Waals surface area contributed by atoms with Crippen molar-refractivity contribution in [2.24, 2.45) is 0 Å². The minimum absolute atomic E-state index is 0.247. The Labute approximate surface area is 175 Å². The summed E-state index contributed by atoms with van der Waals surface area (Å²) in [6.45, 7) is -1.42. The third-order valence-corrected chi connectivity index (χ3v) is 4.76. The lowest BCUT2D eigenvalue weighted by molar-refractivity contribution is -0.187. The summed E-state index contributed by atoms with van der Waals surface area (Å²) in [6.07, 6.45) is -5.18. The van der Waals surface area contributed by atoms with Crippen molar-refractivity contribution in [2.45, 2.75) is 12.1 Å². The number of rotatable bonds is 6. The molecule has 0 aromatic heterocycles. The van der Waals surface area contributed by atoms with Gasteiger partial charge in [0.2, 0.25) is 0 Å². The number of esters is 1. The van der Waals surface area contributed by atoms with Gasteiger partial charge in [-0.15, -0.1) is 0 Å². The van der Waals surface area contributed by atoms with Crippen molar-refractivity contribution in [3.63, 3.8) is 0 Å². The summed E-state index contributed by atoms with van der Waals surface area (Å²) in [5, 5.41) is 0.558. The highest BCUT2D eigenvalue weighted by Crippen LogP contribution is 2.36. The number of amides is 1. The van der Waals surface area contributed by atoms with Crippen molar-refractivity contribution < 1.29 is 27.5 Å². The van der Waals surface area contributed by atoms with Gasteiger partial charge in [0.1, 0.15) is 6.54 Å². The van der Waals surface area contributed by atoms with Crippen molar-refractivity contribution in [1.29, 1.82) is 0 Å². The van der Waals surface area contributed by atoms with Gasteiger partial charge in [0.15, 0.2) is 0 Å². The molecule has 0 bridgehead atoms. The van der Waals surface area contributed by atoms with Crippen LogP contribution in [0.1, 0.15) is 17.0 Å². The van der Waals surface area contributed by atoms with Crippen LogP contribution in [0.5, 0.6) is 0 Å². The van der Waals surface area contributed by atoms with Crippen LogP contribution in [0.4, 0.5) is 18.9 Å². The fourth-order valence-electron chi connectivity index (χ4n) is 2.81. The summed E-state index contributed by atoms with van der Waals surface area (Å²) in [7, 11) is 1.01. The molecule has 0 aliphatic rings. The standard InChI is InChI=1S/C19H17Cl2F3N2O3/c1-29-17(27)10-26(18(28)19(22,23)24)9-14(12-4-2-3-5-15(12)21)13-8-11(20)6-7-16(13)25/h2-8,14H,9-10,25H2,1H3. The number of ether oxygens (including phenoxy) is 1. The maximum atomic E-state index is 13.1. The molecule has 5 nitrogen and oxygen atoms in total. The van der Waals surface area contributed by atoms with Crippen LogP contribution in [-0.2, 0) is 14.3 Å². The van der Waals surface area contributed by atoms with E-state index in [2.05, 4.69) is 4.74 Å². The minimum Gasteiger partial charge on any atom is -0.468 e. The number of carbonyl (C=O) groups excluding carboxylic acids is 2. The van der Waals surface area contributed by atoms with Crippen LogP contribution in [0.3, 0.4) is 0 Å². The van der Waals surface area contributed by atoms with Crippen LogP contribution in [0.15, 0.2) is 42.5 Å². The zero-order chi connectivity index (χ0) is 21.8. The predicted molar refractivity (Wildman–Crippen MR) is 104 cm³/mol. The van der Waals surface area contributed by atoms with Crippen molar-refractivity contribution in [3.8, 4) is 0 Å². The first-order valence-electron chi connectivity index (χ1n) is 8.26. The number of benzene rings is 2. The van der Waals surface area contributed by atoms with E-state index in [9.17, 15) is 22.8 Å². The first-order valence-corrected chi connectivity index (χ1v) is 9.02. The quantitative estimate of drug-likeness (QED) is 0.528. The highest BCUT2D eigenvalue weighted by molar-refractivity contribution is 6.31. The lowest BCUT2D eigenvalue weighted by atomic mass is 9.89. The van der Waals surface area contributed by atoms with Crippen LogP contribution in [0, 0.1) is 0 Å². The highest BCUT2D eigenvalue weighted by atomic mass is 35.5. The summed E-state index contributed by atoms with van der Waals surface area (Å²) in [4.78, 5) is 24.0. The molecular weight excluding hydrogens is 432 g/mol. The Morgan fingerprint density at radius 3 is 2.38 bits per heavy atom. The molecule has 2 aromatic carbocycles. The Balaban J connectivity index is 2.57. The summed E-state index contributed by atoms with van der Waals surface area (Å²) < 4.78 is 43.8. The number of anilines is 1. The maximum absolute atomic E-state index is 13.1. The lowest BCUT2D eigenvalue weighted by Gasteiger charge is -2.29. The van der Waals surface area contributed by atoms with Crippen LogP contribution in [0.2, 0.25) is 10.0 Å². The summed E-state index contributed by atoms with van der Waals surface area (Å²) in [6, 6.07) is 11.0. The largest absolute Gasteiger partial charge is 0.471 e. The molecular formula is C19H17Cl2F3N2O3. The normalized spacial score (nSPS) is 12.3. The minimum atomic E-state index is -5.18. The molecule has 10 heteroatoms. The van der Waals surface area contributed by atoms with Crippen LogP contribution >= 0.6 is 23.2 Å². The Hall–Kier alpha value is -2.45. The Morgan fingerprint density at radius 1 is 1.14 bits per heavy atom. The topological polar surface area (TPSA) is 72.6 Å². The predicted octanol–water partition coefficient (Wildman–Crippen LogP) is 4.27. The monoisotopic (exact) mass is 448 g/mol. The maximum Gasteiger partial charge on any atom is 0.471 e. The lowest BCUT2D eigenvalue weighted by Crippen LogP contribution is -2.46. The molecule has 1 atom stereocenters. The van der Waals surface area contributed by atoms with Gasteiger partial charge in [-0.2, -0.15) is 13.2 Å². The third-order valence-electron chi connectivity index (χ3n) is 4.19. The van der Waals surface area contributed by atoms with Crippen molar-refractivity contribution in [2.75, 3.05) is 25.9 Å². The van der Waals surface area contributed by atoms with E-state index in [1.165, 1.54) is 18.2 Å². The molecule has 0 aliphatic heterocycles. The molecule has 0 spiro atoms. The SMILES string of the molecule is COC(=O)CN(CC(c1cc(Cl)ccc1N)c1ccccc1Cl)C(=O)C(F)(F)F. The van der Waals surface area contributed by atoms with E-state index in [-0.39, 0.29) is 10.7 Å². The molecule has 0 heterocycles. The summed E-state index contributed by atoms with van der Waals surface area (Å²) >= 11 is 12.3. The molecule has 0 fully saturated rings. The van der Waals surface area contributed by atoms with Gasteiger partial charge in [-0.05, 0) is 35.4 Å². The molecule has 2 N–H and O–H groups in total. The van der Waals surface area contributed by atoms with E-state index in [4.69, 9.17) is 28.9 Å². The van der Waals surface area contributed by atoms with E-state index < -0.39 is 37.1 Å². The molecule has 2 aromatic rings. The smallest absolute Gasteiger partial charge is 0.468 e. The molecule has 0 saturated heterocycles. The van der Waals surface area contributed by atoms with Gasteiger partial charge in [-0.25, -0.2) is 0 Å². The van der Waals surface area contributed by atoms with Gasteiger partial charge in [0.05, 0.1) is 7.11 Å². The van der Waals surface area contributed by atoms with Crippen LogP contribution < -0.4 is 5.73 Å². The number of nitrogen functional groups attached to an aromatic ring is 1. The Kier molecular flexibility index (Phi) is 7.37. The van der Waals surface area contributed by atoms with Crippen molar-refractivity contribution in [3.05, 3.63) is 63.6 Å². The second-order valence-electron chi connectivity index (χ2n) is 6.11. The number of alkyl halides is 3.